The summed E-state index contributed by atoms with van der Waals surface area (Å²) in [5.41, 5.74) is 4.61. The Labute approximate surface area is 208 Å². The summed E-state index contributed by atoms with van der Waals surface area (Å²) in [6, 6.07) is 7.30. The zero-order chi connectivity index (χ0) is 25.0. The average Bonchev–Trinajstić information content (AvgIpc) is 2.84. The number of carbonyl (C=O) groups excluding carboxylic acids is 4. The second-order valence-electron chi connectivity index (χ2n) is 8.01. The van der Waals surface area contributed by atoms with Crippen LogP contribution in [0, 0.1) is 0 Å². The van der Waals surface area contributed by atoms with Crippen LogP contribution in [-0.2, 0) is 29.5 Å². The second kappa shape index (κ2) is 10.9. The van der Waals surface area contributed by atoms with E-state index in [1.54, 1.807) is 30.3 Å². The molecule has 34 heavy (non-hydrogen) atoms. The summed E-state index contributed by atoms with van der Waals surface area (Å²) in [5, 5.41) is 2.27. The summed E-state index contributed by atoms with van der Waals surface area (Å²) in [6.45, 7) is 7.65. The van der Waals surface area contributed by atoms with Gasteiger partial charge in [0, 0.05) is 12.3 Å². The molecule has 2 aliphatic rings. The molecule has 0 bridgehead atoms. The van der Waals surface area contributed by atoms with Crippen LogP contribution in [0.15, 0.2) is 41.1 Å². The van der Waals surface area contributed by atoms with Gasteiger partial charge in [-0.3, -0.25) is 19.3 Å². The van der Waals surface area contributed by atoms with E-state index in [1.807, 2.05) is 13.8 Å². The van der Waals surface area contributed by atoms with E-state index in [1.165, 1.54) is 23.6 Å². The molecule has 9 nitrogen and oxygen atoms in total. The lowest BCUT2D eigenvalue weighted by Gasteiger charge is -2.49. The summed E-state index contributed by atoms with van der Waals surface area (Å²) in [6.07, 6.45) is 0. The predicted octanol–water partition coefficient (Wildman–Crippen LogP) is 1.16. The molecular weight excluding hydrogens is 480 g/mol. The molecule has 0 radical (unpaired) electrons. The summed E-state index contributed by atoms with van der Waals surface area (Å²) in [4.78, 5) is 54.5. The Kier molecular flexibility index (Phi) is 8.40. The quantitative estimate of drug-likeness (QED) is 0.274. The number of nitrogens with one attached hydrogen (secondary N) is 1. The molecular formula is C23H29ClN4O5S. The van der Waals surface area contributed by atoms with Gasteiger partial charge in [-0.05, 0) is 25.6 Å². The average molecular weight is 509 g/mol. The second-order valence-corrected chi connectivity index (χ2v) is 9.57. The highest BCUT2D eigenvalue weighted by Gasteiger charge is 2.56. The number of likely N-dealkylation sites (N-methyl/N-ethyl adjacent to an activating group) is 1. The molecule has 3 rings (SSSR count). The van der Waals surface area contributed by atoms with Crippen molar-refractivity contribution >= 4 is 46.9 Å². The fourth-order valence-electron chi connectivity index (χ4n) is 3.90. The lowest BCUT2D eigenvalue weighted by molar-refractivity contribution is -0.153. The molecule has 0 aromatic heterocycles. The van der Waals surface area contributed by atoms with Gasteiger partial charge >= 0.3 is 5.97 Å². The Morgan fingerprint density at radius 2 is 1.91 bits per heavy atom. The number of esters is 1. The van der Waals surface area contributed by atoms with Crippen molar-refractivity contribution in [2.24, 2.45) is 5.73 Å². The van der Waals surface area contributed by atoms with Crippen LogP contribution in [0.4, 0.5) is 0 Å². The molecule has 0 spiro atoms. The minimum atomic E-state index is -1.94. The minimum absolute atomic E-state index is 0.00546. The number of hydrogen-bond acceptors (Lipinski definition) is 8. The van der Waals surface area contributed by atoms with Gasteiger partial charge in [-0.1, -0.05) is 55.8 Å². The number of ketones is 1. The molecule has 1 aromatic carbocycles. The fraction of sp³-hybridized carbons (Fsp3) is 0.478. The molecule has 2 aliphatic heterocycles. The van der Waals surface area contributed by atoms with Crippen molar-refractivity contribution in [3.63, 3.8) is 0 Å². The SMILES string of the molecule is CCN(CC)CCOC(=O)C1=C(Cl)CSC2C(NC(=O)C(N)(C(C)=O)c3ccccc3)C(=O)N12. The first-order valence-electron chi connectivity index (χ1n) is 11.1. The number of ether oxygens (including phenoxy) is 1. The Bertz CT molecular complexity index is 1000. The van der Waals surface area contributed by atoms with E-state index in [2.05, 4.69) is 10.2 Å². The Balaban J connectivity index is 1.71. The van der Waals surface area contributed by atoms with Crippen molar-refractivity contribution in [1.29, 1.82) is 0 Å². The van der Waals surface area contributed by atoms with Crippen LogP contribution in [0.5, 0.6) is 0 Å². The lowest BCUT2D eigenvalue weighted by atomic mass is 9.85. The van der Waals surface area contributed by atoms with Crippen LogP contribution in [0.25, 0.3) is 0 Å². The number of amides is 2. The lowest BCUT2D eigenvalue weighted by Crippen LogP contribution is -2.72. The summed E-state index contributed by atoms with van der Waals surface area (Å²) in [5.74, 6) is -2.26. The predicted molar refractivity (Wildman–Crippen MR) is 130 cm³/mol. The van der Waals surface area contributed by atoms with Crippen LogP contribution in [0.2, 0.25) is 0 Å². The summed E-state index contributed by atoms with van der Waals surface area (Å²) >= 11 is 7.59. The molecule has 1 saturated heterocycles. The van der Waals surface area contributed by atoms with Gasteiger partial charge < -0.3 is 20.7 Å². The topological polar surface area (TPSA) is 122 Å². The minimum Gasteiger partial charge on any atom is -0.460 e. The standard InChI is InChI=1S/C23H29ClN4O5S/c1-4-27(5-2)11-12-33-21(31)18-16(24)13-34-20-17(19(30)28(18)20)26-22(32)23(25,14(3)29)15-9-7-6-8-10-15/h6-10,17,20H,4-5,11-13,25H2,1-3H3,(H,26,32). The van der Waals surface area contributed by atoms with E-state index in [9.17, 15) is 19.2 Å². The van der Waals surface area contributed by atoms with Crippen molar-refractivity contribution < 1.29 is 23.9 Å². The normalized spacial score (nSPS) is 21.5. The molecule has 2 heterocycles. The van der Waals surface area contributed by atoms with Crippen LogP contribution in [-0.4, -0.2) is 76.8 Å². The number of nitrogens with two attached hydrogens (primary N) is 1. The van der Waals surface area contributed by atoms with Gasteiger partial charge in [-0.15, -0.1) is 11.8 Å². The van der Waals surface area contributed by atoms with E-state index >= 15 is 0 Å². The maximum atomic E-state index is 13.1. The van der Waals surface area contributed by atoms with Gasteiger partial charge in [0.15, 0.2) is 11.3 Å². The number of carbonyl (C=O) groups is 4. The highest BCUT2D eigenvalue weighted by Crippen LogP contribution is 2.42. The molecule has 0 saturated carbocycles. The monoisotopic (exact) mass is 508 g/mol. The highest BCUT2D eigenvalue weighted by molar-refractivity contribution is 8.00. The van der Waals surface area contributed by atoms with Gasteiger partial charge in [-0.2, -0.15) is 0 Å². The molecule has 1 aromatic rings. The fourth-order valence-corrected chi connectivity index (χ4v) is 5.44. The van der Waals surface area contributed by atoms with Gasteiger partial charge in [0.25, 0.3) is 11.8 Å². The highest BCUT2D eigenvalue weighted by atomic mass is 35.5. The van der Waals surface area contributed by atoms with E-state index in [4.69, 9.17) is 22.1 Å². The maximum absolute atomic E-state index is 13.1. The number of benzene rings is 1. The number of rotatable bonds is 10. The molecule has 11 heteroatoms. The summed E-state index contributed by atoms with van der Waals surface area (Å²) < 4.78 is 5.37. The third-order valence-corrected chi connectivity index (χ3v) is 7.83. The van der Waals surface area contributed by atoms with Crippen molar-refractivity contribution in [2.45, 2.75) is 37.7 Å². The van der Waals surface area contributed by atoms with Gasteiger partial charge in [0.05, 0.1) is 5.03 Å². The maximum Gasteiger partial charge on any atom is 0.356 e. The summed E-state index contributed by atoms with van der Waals surface area (Å²) in [7, 11) is 0. The smallest absolute Gasteiger partial charge is 0.356 e. The van der Waals surface area contributed by atoms with Crippen LogP contribution < -0.4 is 11.1 Å². The molecule has 3 unspecified atom stereocenters. The number of hydrogen-bond donors (Lipinski definition) is 2. The van der Waals surface area contributed by atoms with E-state index < -0.39 is 40.5 Å². The Morgan fingerprint density at radius 1 is 1.26 bits per heavy atom. The number of fused-ring (bicyclic) bond motifs is 1. The molecule has 2 amide bonds. The van der Waals surface area contributed by atoms with Crippen molar-refractivity contribution in [1.82, 2.24) is 15.1 Å². The first-order chi connectivity index (χ1) is 16.2. The molecule has 3 atom stereocenters. The van der Waals surface area contributed by atoms with E-state index in [0.717, 1.165) is 13.1 Å². The van der Waals surface area contributed by atoms with Gasteiger partial charge in [-0.25, -0.2) is 4.79 Å². The third-order valence-electron chi connectivity index (χ3n) is 6.08. The van der Waals surface area contributed by atoms with Crippen molar-refractivity contribution in [3.05, 3.63) is 46.6 Å². The number of halogens is 1. The number of β-lactam (4-membered cyclic amide) rings is 1. The van der Waals surface area contributed by atoms with Crippen LogP contribution in [0.3, 0.4) is 0 Å². The largest absolute Gasteiger partial charge is 0.460 e. The van der Waals surface area contributed by atoms with Gasteiger partial charge in [0.1, 0.15) is 23.7 Å². The number of Topliss-reactive ketones (excluding diaryl/α,β-unsaturated/α-hetero) is 1. The molecule has 0 aliphatic carbocycles. The van der Waals surface area contributed by atoms with E-state index in [0.29, 0.717) is 12.1 Å². The zero-order valence-electron chi connectivity index (χ0n) is 19.4. The van der Waals surface area contributed by atoms with Crippen LogP contribution >= 0.6 is 23.4 Å². The van der Waals surface area contributed by atoms with Crippen LogP contribution in [0.1, 0.15) is 26.3 Å². The Morgan fingerprint density at radius 3 is 2.50 bits per heavy atom. The third kappa shape index (κ3) is 4.86. The van der Waals surface area contributed by atoms with Crippen molar-refractivity contribution in [3.8, 4) is 0 Å². The Hall–Kier alpha value is -2.40. The van der Waals surface area contributed by atoms with Crippen molar-refractivity contribution in [2.75, 3.05) is 32.0 Å². The molecule has 1 fully saturated rings. The van der Waals surface area contributed by atoms with E-state index in [-0.39, 0.29) is 23.1 Å². The first kappa shape index (κ1) is 26.2. The number of thioether (sulfide) groups is 1. The molecule has 184 valence electrons. The number of nitrogens with zero attached hydrogens (tertiary/aromatic N) is 2. The first-order valence-corrected chi connectivity index (χ1v) is 12.5. The zero-order valence-corrected chi connectivity index (χ0v) is 20.9. The van der Waals surface area contributed by atoms with Gasteiger partial charge in [0.2, 0.25) is 0 Å². The molecule has 3 N–H and O–H groups in total.